The zero-order chi connectivity index (χ0) is 17.7. The molecule has 2 N–H and O–H groups in total. The normalized spacial score (nSPS) is 10.2. The first kappa shape index (κ1) is 17.9. The molecule has 0 aliphatic heterocycles. The van der Waals surface area contributed by atoms with Crippen LogP contribution in [0.5, 0.6) is 11.5 Å². The van der Waals surface area contributed by atoms with Crippen LogP contribution in [-0.4, -0.2) is 19.9 Å². The van der Waals surface area contributed by atoms with Crippen LogP contribution in [0.25, 0.3) is 0 Å². The highest BCUT2D eigenvalue weighted by Crippen LogP contribution is 2.30. The van der Waals surface area contributed by atoms with E-state index in [-0.39, 0.29) is 12.8 Å². The molecule has 6 heteroatoms. The summed E-state index contributed by atoms with van der Waals surface area (Å²) in [4.78, 5) is 12.0. The minimum atomic E-state index is -0.389. The molecule has 2 rings (SSSR count). The van der Waals surface area contributed by atoms with Gasteiger partial charge in [0.25, 0.3) is 0 Å². The highest BCUT2D eigenvalue weighted by atomic mass is 35.5. The molecule has 5 nitrogen and oxygen atoms in total. The van der Waals surface area contributed by atoms with Crippen molar-refractivity contribution in [1.29, 1.82) is 0 Å². The van der Waals surface area contributed by atoms with Crippen molar-refractivity contribution in [1.82, 2.24) is 5.32 Å². The van der Waals surface area contributed by atoms with Crippen LogP contribution in [0.2, 0.25) is 5.02 Å². The molecule has 2 aromatic rings. The molecule has 0 spiro atoms. The molecule has 0 radical (unpaired) electrons. The van der Waals surface area contributed by atoms with Gasteiger partial charge in [0, 0.05) is 11.1 Å². The first-order valence-electron chi connectivity index (χ1n) is 7.50. The van der Waals surface area contributed by atoms with Crippen LogP contribution in [-0.2, 0) is 0 Å². The highest BCUT2D eigenvalue weighted by Gasteiger charge is 2.10. The maximum absolute atomic E-state index is 12.0. The van der Waals surface area contributed by atoms with Gasteiger partial charge in [0.05, 0.1) is 12.8 Å². The van der Waals surface area contributed by atoms with Crippen LogP contribution in [0.3, 0.4) is 0 Å². The topological polar surface area (TPSA) is 59.6 Å². The van der Waals surface area contributed by atoms with Gasteiger partial charge in [0.1, 0.15) is 11.5 Å². The number of nitrogens with one attached hydrogen (secondary N) is 2. The fraction of sp³-hybridized carbons (Fsp3) is 0.278. The third-order valence-electron chi connectivity index (χ3n) is 3.74. The Labute approximate surface area is 146 Å². The van der Waals surface area contributed by atoms with Crippen LogP contribution < -0.4 is 20.1 Å². The van der Waals surface area contributed by atoms with Gasteiger partial charge in [-0.05, 0) is 49.6 Å². The highest BCUT2D eigenvalue weighted by molar-refractivity contribution is 6.31. The molecule has 24 heavy (non-hydrogen) atoms. The van der Waals surface area contributed by atoms with Crippen molar-refractivity contribution < 1.29 is 14.3 Å². The van der Waals surface area contributed by atoms with Crippen LogP contribution >= 0.6 is 11.6 Å². The first-order chi connectivity index (χ1) is 11.4. The molecule has 0 atom stereocenters. The van der Waals surface area contributed by atoms with Crippen molar-refractivity contribution >= 4 is 23.3 Å². The second-order valence-corrected chi connectivity index (χ2v) is 5.83. The average Bonchev–Trinajstić information content (AvgIpc) is 2.54. The summed E-state index contributed by atoms with van der Waals surface area (Å²) in [5.74, 6) is 1.24. The second kappa shape index (κ2) is 7.93. The predicted octanol–water partition coefficient (Wildman–Crippen LogP) is 4.43. The molecule has 0 aliphatic rings. The molecule has 0 unspecified atom stereocenters. The Morgan fingerprint density at radius 2 is 1.88 bits per heavy atom. The number of hydrogen-bond acceptors (Lipinski definition) is 3. The lowest BCUT2D eigenvalue weighted by Crippen LogP contribution is -2.32. The minimum Gasteiger partial charge on any atom is -0.495 e. The van der Waals surface area contributed by atoms with Crippen LogP contribution in [0.15, 0.2) is 30.3 Å². The van der Waals surface area contributed by atoms with Gasteiger partial charge in [-0.1, -0.05) is 23.7 Å². The van der Waals surface area contributed by atoms with E-state index in [1.807, 2.05) is 39.0 Å². The van der Waals surface area contributed by atoms with E-state index in [0.29, 0.717) is 16.5 Å². The molecule has 0 saturated carbocycles. The molecule has 0 aliphatic carbocycles. The zero-order valence-electron chi connectivity index (χ0n) is 14.2. The number of halogens is 1. The minimum absolute atomic E-state index is 0.0605. The van der Waals surface area contributed by atoms with Gasteiger partial charge in [-0.25, -0.2) is 4.79 Å². The Morgan fingerprint density at radius 1 is 1.12 bits per heavy atom. The number of rotatable bonds is 5. The molecular weight excluding hydrogens is 328 g/mol. The largest absolute Gasteiger partial charge is 0.495 e. The van der Waals surface area contributed by atoms with Gasteiger partial charge in [-0.3, -0.25) is 0 Å². The van der Waals surface area contributed by atoms with Crippen LogP contribution in [0, 0.1) is 20.8 Å². The predicted molar refractivity (Wildman–Crippen MR) is 96.3 cm³/mol. The number of benzene rings is 2. The van der Waals surface area contributed by atoms with E-state index in [2.05, 4.69) is 10.6 Å². The number of carbonyl (C=O) groups excluding carboxylic acids is 1. The van der Waals surface area contributed by atoms with Gasteiger partial charge in [0.15, 0.2) is 6.73 Å². The lowest BCUT2D eigenvalue weighted by molar-refractivity contribution is 0.234. The fourth-order valence-corrected chi connectivity index (χ4v) is 2.31. The Hall–Kier alpha value is -2.40. The monoisotopic (exact) mass is 348 g/mol. The van der Waals surface area contributed by atoms with Gasteiger partial charge in [-0.2, -0.15) is 0 Å². The van der Waals surface area contributed by atoms with Crippen LogP contribution in [0.4, 0.5) is 10.5 Å². The molecular formula is C18H21ClN2O3. The lowest BCUT2D eigenvalue weighted by Gasteiger charge is -2.14. The summed E-state index contributed by atoms with van der Waals surface area (Å²) >= 11 is 6.05. The van der Waals surface area contributed by atoms with Crippen molar-refractivity contribution in [3.63, 3.8) is 0 Å². The SMILES string of the molecule is COc1cc(Cl)c(C)cc1NC(=O)NCOc1cccc(C)c1C. The Balaban J connectivity index is 1.94. The molecule has 0 saturated heterocycles. The van der Waals surface area contributed by atoms with E-state index in [4.69, 9.17) is 21.1 Å². The molecule has 2 amide bonds. The molecule has 0 bridgehead atoms. The number of urea groups is 1. The molecule has 0 fully saturated rings. The Kier molecular flexibility index (Phi) is 5.93. The van der Waals surface area contributed by atoms with Crippen molar-refractivity contribution in [2.24, 2.45) is 0 Å². The molecule has 0 aromatic heterocycles. The van der Waals surface area contributed by atoms with Gasteiger partial charge >= 0.3 is 6.03 Å². The van der Waals surface area contributed by atoms with Gasteiger partial charge < -0.3 is 20.1 Å². The maximum Gasteiger partial charge on any atom is 0.321 e. The number of anilines is 1. The van der Waals surface area contributed by atoms with Gasteiger partial charge in [0.2, 0.25) is 0 Å². The number of amides is 2. The fourth-order valence-electron chi connectivity index (χ4n) is 2.16. The number of carbonyl (C=O) groups is 1. The molecule has 128 valence electrons. The van der Waals surface area contributed by atoms with Crippen molar-refractivity contribution in [3.8, 4) is 11.5 Å². The number of methoxy groups -OCH3 is 1. The van der Waals surface area contributed by atoms with E-state index in [1.165, 1.54) is 7.11 Å². The van der Waals surface area contributed by atoms with Crippen LogP contribution in [0.1, 0.15) is 16.7 Å². The number of aryl methyl sites for hydroxylation is 2. The van der Waals surface area contributed by atoms with E-state index in [1.54, 1.807) is 12.1 Å². The van der Waals surface area contributed by atoms with Crippen molar-refractivity contribution in [2.75, 3.05) is 19.2 Å². The third-order valence-corrected chi connectivity index (χ3v) is 4.15. The van der Waals surface area contributed by atoms with Crippen molar-refractivity contribution in [2.45, 2.75) is 20.8 Å². The number of ether oxygens (including phenoxy) is 2. The second-order valence-electron chi connectivity index (χ2n) is 5.42. The summed E-state index contributed by atoms with van der Waals surface area (Å²) in [5.41, 5.74) is 3.58. The summed E-state index contributed by atoms with van der Waals surface area (Å²) in [6.07, 6.45) is 0. The maximum atomic E-state index is 12.0. The summed E-state index contributed by atoms with van der Waals surface area (Å²) in [6, 6.07) is 8.83. The van der Waals surface area contributed by atoms with Gasteiger partial charge in [-0.15, -0.1) is 0 Å². The summed E-state index contributed by atoms with van der Waals surface area (Å²) in [6.45, 7) is 5.91. The van der Waals surface area contributed by atoms with E-state index in [9.17, 15) is 4.79 Å². The summed E-state index contributed by atoms with van der Waals surface area (Å²) in [7, 11) is 1.52. The summed E-state index contributed by atoms with van der Waals surface area (Å²) in [5, 5.41) is 5.96. The van der Waals surface area contributed by atoms with E-state index >= 15 is 0 Å². The molecule has 0 heterocycles. The first-order valence-corrected chi connectivity index (χ1v) is 7.88. The Bertz CT molecular complexity index is 747. The smallest absolute Gasteiger partial charge is 0.321 e. The number of hydrogen-bond donors (Lipinski definition) is 2. The quantitative estimate of drug-likeness (QED) is 0.786. The third kappa shape index (κ3) is 4.32. The van der Waals surface area contributed by atoms with E-state index in [0.717, 1.165) is 22.4 Å². The van der Waals surface area contributed by atoms with E-state index < -0.39 is 0 Å². The lowest BCUT2D eigenvalue weighted by atomic mass is 10.1. The Morgan fingerprint density at radius 3 is 2.58 bits per heavy atom. The average molecular weight is 349 g/mol. The summed E-state index contributed by atoms with van der Waals surface area (Å²) < 4.78 is 10.8. The van der Waals surface area contributed by atoms with Crippen molar-refractivity contribution in [3.05, 3.63) is 52.0 Å². The zero-order valence-corrected chi connectivity index (χ0v) is 15.0. The standard InChI is InChI=1S/C18H21ClN2O3/c1-11-6-5-7-16(13(11)3)24-10-20-18(22)21-15-8-12(2)14(19)9-17(15)23-4/h5-9H,10H2,1-4H3,(H2,20,21,22). The molecule has 2 aromatic carbocycles.